The number of ether oxygens (including phenoxy) is 1. The lowest BCUT2D eigenvalue weighted by molar-refractivity contribution is -0.136. The summed E-state index contributed by atoms with van der Waals surface area (Å²) in [6, 6.07) is 13.7. The third-order valence-corrected chi connectivity index (χ3v) is 9.50. The topological polar surface area (TPSA) is 91.7 Å². The van der Waals surface area contributed by atoms with Crippen LogP contribution in [0.1, 0.15) is 75.3 Å². The first kappa shape index (κ1) is 31.1. The Kier molecular flexibility index (Phi) is 9.17. The molecule has 1 aromatic heterocycles. The zero-order chi connectivity index (χ0) is 31.6. The first-order chi connectivity index (χ1) is 21.6. The van der Waals surface area contributed by atoms with Crippen LogP contribution in [0.3, 0.4) is 0 Å². The smallest absolute Gasteiger partial charge is 0.324 e. The van der Waals surface area contributed by atoms with Gasteiger partial charge in [0.15, 0.2) is 0 Å². The molecule has 2 N–H and O–H groups in total. The van der Waals surface area contributed by atoms with E-state index in [0.717, 1.165) is 79.4 Å². The highest BCUT2D eigenvalue weighted by Crippen LogP contribution is 2.36. The largest absolute Gasteiger partial charge is 0.492 e. The van der Waals surface area contributed by atoms with Crippen LogP contribution in [0.25, 0.3) is 5.69 Å². The van der Waals surface area contributed by atoms with Gasteiger partial charge in [0.25, 0.3) is 0 Å². The Labute approximate surface area is 267 Å². The molecule has 0 radical (unpaired) electrons. The highest BCUT2D eigenvalue weighted by Gasteiger charge is 2.28. The molecule has 45 heavy (non-hydrogen) atoms. The van der Waals surface area contributed by atoms with Gasteiger partial charge in [-0.1, -0.05) is 51.3 Å². The van der Waals surface area contributed by atoms with Crippen molar-refractivity contribution in [2.75, 3.05) is 50.0 Å². The SMILES string of the molecule is Cc1ccc(-n2nc(C(C)(C)C)cc2NC(=O)Nc2ccc(OCCN3CCN(CC4CCCC4)C(=O)C3)c3c2CCC3)cc1. The number of carbonyl (C=O) groups is 2. The molecule has 2 fully saturated rings. The Morgan fingerprint density at radius 2 is 1.73 bits per heavy atom. The molecule has 2 aromatic carbocycles. The van der Waals surface area contributed by atoms with Gasteiger partial charge < -0.3 is 15.0 Å². The molecule has 1 aliphatic heterocycles. The summed E-state index contributed by atoms with van der Waals surface area (Å²) in [5.74, 6) is 2.44. The lowest BCUT2D eigenvalue weighted by Crippen LogP contribution is -2.52. The van der Waals surface area contributed by atoms with Gasteiger partial charge in [0.2, 0.25) is 5.91 Å². The maximum absolute atomic E-state index is 13.3. The monoisotopic (exact) mass is 612 g/mol. The lowest BCUT2D eigenvalue weighted by atomic mass is 9.92. The number of urea groups is 1. The average Bonchev–Trinajstić information content (AvgIpc) is 3.78. The summed E-state index contributed by atoms with van der Waals surface area (Å²) in [7, 11) is 0. The van der Waals surface area contributed by atoms with Crippen molar-refractivity contribution in [3.8, 4) is 11.4 Å². The van der Waals surface area contributed by atoms with Gasteiger partial charge in [-0.25, -0.2) is 9.48 Å². The fourth-order valence-electron chi connectivity index (χ4n) is 6.85. The van der Waals surface area contributed by atoms with Crippen molar-refractivity contribution in [1.29, 1.82) is 0 Å². The minimum atomic E-state index is -0.303. The summed E-state index contributed by atoms with van der Waals surface area (Å²) < 4.78 is 8.07. The molecule has 1 saturated heterocycles. The molecule has 2 aliphatic carbocycles. The minimum Gasteiger partial charge on any atom is -0.492 e. The Morgan fingerprint density at radius 1 is 0.978 bits per heavy atom. The zero-order valence-electron chi connectivity index (χ0n) is 27.3. The van der Waals surface area contributed by atoms with Crippen LogP contribution in [-0.2, 0) is 23.1 Å². The van der Waals surface area contributed by atoms with Crippen LogP contribution in [0, 0.1) is 12.8 Å². The van der Waals surface area contributed by atoms with Crippen LogP contribution in [-0.4, -0.2) is 70.8 Å². The van der Waals surface area contributed by atoms with Crippen molar-refractivity contribution in [3.63, 3.8) is 0 Å². The Balaban J connectivity index is 1.06. The average molecular weight is 613 g/mol. The van der Waals surface area contributed by atoms with Crippen molar-refractivity contribution in [3.05, 3.63) is 64.8 Å². The van der Waals surface area contributed by atoms with E-state index < -0.39 is 0 Å². The third kappa shape index (κ3) is 7.35. The number of nitrogens with zero attached hydrogens (tertiary/aromatic N) is 4. The van der Waals surface area contributed by atoms with Crippen molar-refractivity contribution in [2.45, 2.75) is 78.1 Å². The maximum Gasteiger partial charge on any atom is 0.324 e. The molecule has 0 spiro atoms. The summed E-state index contributed by atoms with van der Waals surface area (Å²) in [6.45, 7) is 12.8. The predicted molar refractivity (Wildman–Crippen MR) is 179 cm³/mol. The van der Waals surface area contributed by atoms with Crippen molar-refractivity contribution in [1.82, 2.24) is 19.6 Å². The number of aryl methyl sites for hydroxylation is 1. The zero-order valence-corrected chi connectivity index (χ0v) is 27.3. The van der Waals surface area contributed by atoms with E-state index in [-0.39, 0.29) is 17.4 Å². The number of fused-ring (bicyclic) bond motifs is 1. The molecule has 3 aromatic rings. The fourth-order valence-corrected chi connectivity index (χ4v) is 6.85. The number of rotatable bonds is 9. The standard InChI is InChI=1S/C36H48N6O3/c1-25-12-14-27(15-13-25)42-33(22-32(39-42)36(2,3)4)38-35(44)37-30-16-17-31(29-11-7-10-28(29)30)45-21-20-40-18-19-41(34(43)24-40)23-26-8-5-6-9-26/h12-17,22,26H,5-11,18-21,23-24H2,1-4H3,(H2,37,38,44). The summed E-state index contributed by atoms with van der Waals surface area (Å²) in [5, 5.41) is 11.0. The quantitative estimate of drug-likeness (QED) is 0.295. The fraction of sp³-hybridized carbons (Fsp3) is 0.528. The number of nitrogens with one attached hydrogen (secondary N) is 2. The number of aromatic nitrogens is 2. The Hall–Kier alpha value is -3.85. The number of benzene rings is 2. The van der Waals surface area contributed by atoms with Gasteiger partial charge in [-0.05, 0) is 80.3 Å². The number of hydrogen-bond donors (Lipinski definition) is 2. The first-order valence-corrected chi connectivity index (χ1v) is 16.7. The molecular formula is C36H48N6O3. The van der Waals surface area contributed by atoms with E-state index >= 15 is 0 Å². The van der Waals surface area contributed by atoms with Gasteiger partial charge in [0.1, 0.15) is 18.2 Å². The van der Waals surface area contributed by atoms with Crippen molar-refractivity contribution >= 4 is 23.4 Å². The van der Waals surface area contributed by atoms with Crippen molar-refractivity contribution in [2.24, 2.45) is 5.92 Å². The Morgan fingerprint density at radius 3 is 2.47 bits per heavy atom. The van der Waals surface area contributed by atoms with E-state index in [9.17, 15) is 9.59 Å². The second-order valence-corrected chi connectivity index (χ2v) is 14.0. The summed E-state index contributed by atoms with van der Waals surface area (Å²) in [4.78, 5) is 30.4. The highest BCUT2D eigenvalue weighted by atomic mass is 16.5. The Bertz CT molecular complexity index is 1520. The highest BCUT2D eigenvalue weighted by molar-refractivity contribution is 6.00. The summed E-state index contributed by atoms with van der Waals surface area (Å²) in [5.41, 5.74) is 5.91. The maximum atomic E-state index is 13.3. The van der Waals surface area contributed by atoms with E-state index in [1.165, 1.54) is 31.2 Å². The van der Waals surface area contributed by atoms with Gasteiger partial charge in [0, 0.05) is 43.3 Å². The molecule has 3 amide bonds. The van der Waals surface area contributed by atoms with Crippen LogP contribution in [0.4, 0.5) is 16.3 Å². The first-order valence-electron chi connectivity index (χ1n) is 16.7. The second-order valence-electron chi connectivity index (χ2n) is 14.0. The van der Waals surface area contributed by atoms with Gasteiger partial charge in [-0.15, -0.1) is 0 Å². The molecule has 2 heterocycles. The molecule has 0 atom stereocenters. The van der Waals surface area contributed by atoms with Gasteiger partial charge in [-0.3, -0.25) is 15.0 Å². The molecule has 1 saturated carbocycles. The summed E-state index contributed by atoms with van der Waals surface area (Å²) >= 11 is 0. The molecule has 240 valence electrons. The number of anilines is 2. The van der Waals surface area contributed by atoms with Gasteiger partial charge in [-0.2, -0.15) is 5.10 Å². The van der Waals surface area contributed by atoms with Gasteiger partial charge in [0.05, 0.1) is 17.9 Å². The van der Waals surface area contributed by atoms with E-state index in [1.807, 2.05) is 42.5 Å². The van der Waals surface area contributed by atoms with Crippen LogP contribution >= 0.6 is 0 Å². The van der Waals surface area contributed by atoms with Crippen LogP contribution < -0.4 is 15.4 Å². The van der Waals surface area contributed by atoms with E-state index in [1.54, 1.807) is 4.68 Å². The number of amides is 3. The third-order valence-electron chi connectivity index (χ3n) is 9.50. The molecule has 9 nitrogen and oxygen atoms in total. The molecule has 0 bridgehead atoms. The molecule has 9 heteroatoms. The van der Waals surface area contributed by atoms with Gasteiger partial charge >= 0.3 is 6.03 Å². The molecular weight excluding hydrogens is 564 g/mol. The van der Waals surface area contributed by atoms with E-state index in [2.05, 4.69) is 48.1 Å². The lowest BCUT2D eigenvalue weighted by Gasteiger charge is -2.35. The summed E-state index contributed by atoms with van der Waals surface area (Å²) in [6.07, 6.45) is 8.00. The van der Waals surface area contributed by atoms with Crippen LogP contribution in [0.5, 0.6) is 5.75 Å². The van der Waals surface area contributed by atoms with Crippen LogP contribution in [0.15, 0.2) is 42.5 Å². The predicted octanol–water partition coefficient (Wildman–Crippen LogP) is 6.32. The molecule has 0 unspecified atom stereocenters. The van der Waals surface area contributed by atoms with Crippen molar-refractivity contribution < 1.29 is 14.3 Å². The van der Waals surface area contributed by atoms with E-state index in [0.29, 0.717) is 24.9 Å². The van der Waals surface area contributed by atoms with Crippen LogP contribution in [0.2, 0.25) is 0 Å². The minimum absolute atomic E-state index is 0.168. The molecule has 3 aliphatic rings. The number of piperazine rings is 1. The number of carbonyl (C=O) groups excluding carboxylic acids is 2. The number of hydrogen-bond acceptors (Lipinski definition) is 5. The normalized spacial score (nSPS) is 17.5. The molecule has 6 rings (SSSR count). The van der Waals surface area contributed by atoms with E-state index in [4.69, 9.17) is 9.84 Å². The second kappa shape index (κ2) is 13.3.